The predicted octanol–water partition coefficient (Wildman–Crippen LogP) is 2.15. The van der Waals surface area contributed by atoms with E-state index in [0.29, 0.717) is 18.8 Å². The first-order valence-electron chi connectivity index (χ1n) is 6.51. The Hall–Kier alpha value is -1.49. The van der Waals surface area contributed by atoms with Crippen LogP contribution in [0.1, 0.15) is 45.0 Å². The van der Waals surface area contributed by atoms with Crippen LogP contribution in [0, 0.1) is 12.3 Å². The standard InChI is InChI=1S/C14H23N3O2/c1-10-15-7-11(8-16-10)9-17-12(13(18)19)5-6-14(2,3)4/h7-8,12,17H,5-6,9H2,1-4H3,(H,18,19)/t12-/m0/s1. The van der Waals surface area contributed by atoms with Crippen LogP contribution in [0.5, 0.6) is 0 Å². The molecule has 0 aliphatic heterocycles. The van der Waals surface area contributed by atoms with Gasteiger partial charge in [0.05, 0.1) is 0 Å². The van der Waals surface area contributed by atoms with Gasteiger partial charge in [0.15, 0.2) is 0 Å². The minimum atomic E-state index is -0.808. The molecule has 0 aliphatic carbocycles. The van der Waals surface area contributed by atoms with Crippen molar-refractivity contribution in [3.63, 3.8) is 0 Å². The van der Waals surface area contributed by atoms with Gasteiger partial charge in [-0.1, -0.05) is 20.8 Å². The van der Waals surface area contributed by atoms with Gasteiger partial charge in [-0.2, -0.15) is 0 Å². The number of carbonyl (C=O) groups is 1. The molecule has 1 heterocycles. The van der Waals surface area contributed by atoms with E-state index < -0.39 is 12.0 Å². The number of aromatic nitrogens is 2. The molecule has 0 saturated heterocycles. The van der Waals surface area contributed by atoms with E-state index in [0.717, 1.165) is 12.0 Å². The van der Waals surface area contributed by atoms with Crippen LogP contribution < -0.4 is 5.32 Å². The minimum absolute atomic E-state index is 0.141. The summed E-state index contributed by atoms with van der Waals surface area (Å²) < 4.78 is 0. The van der Waals surface area contributed by atoms with E-state index in [2.05, 4.69) is 36.1 Å². The lowest BCUT2D eigenvalue weighted by molar-refractivity contribution is -0.139. The monoisotopic (exact) mass is 265 g/mol. The molecule has 0 spiro atoms. The Balaban J connectivity index is 2.50. The first-order valence-corrected chi connectivity index (χ1v) is 6.51. The first kappa shape index (κ1) is 15.6. The van der Waals surface area contributed by atoms with Gasteiger partial charge in [-0.15, -0.1) is 0 Å². The second-order valence-electron chi connectivity index (χ2n) is 6.01. The lowest BCUT2D eigenvalue weighted by Gasteiger charge is -2.21. The fourth-order valence-corrected chi connectivity index (χ4v) is 1.64. The Morgan fingerprint density at radius 3 is 2.42 bits per heavy atom. The van der Waals surface area contributed by atoms with Gasteiger partial charge in [0.1, 0.15) is 11.9 Å². The smallest absolute Gasteiger partial charge is 0.320 e. The zero-order chi connectivity index (χ0) is 14.5. The Bertz CT molecular complexity index is 410. The third-order valence-electron chi connectivity index (χ3n) is 2.87. The third kappa shape index (κ3) is 6.29. The molecule has 0 aromatic carbocycles. The van der Waals surface area contributed by atoms with E-state index in [1.165, 1.54) is 0 Å². The maximum Gasteiger partial charge on any atom is 0.320 e. The van der Waals surface area contributed by atoms with Gasteiger partial charge in [-0.3, -0.25) is 4.79 Å². The van der Waals surface area contributed by atoms with E-state index in [1.807, 2.05) is 6.92 Å². The maximum atomic E-state index is 11.2. The van der Waals surface area contributed by atoms with Gasteiger partial charge >= 0.3 is 5.97 Å². The van der Waals surface area contributed by atoms with Crippen molar-refractivity contribution in [1.82, 2.24) is 15.3 Å². The molecule has 106 valence electrons. The number of carboxylic acids is 1. The van der Waals surface area contributed by atoms with E-state index in [4.69, 9.17) is 0 Å². The van der Waals surface area contributed by atoms with Crippen LogP contribution in [0.4, 0.5) is 0 Å². The predicted molar refractivity (Wildman–Crippen MR) is 73.7 cm³/mol. The summed E-state index contributed by atoms with van der Waals surface area (Å²) in [5.41, 5.74) is 1.04. The molecule has 0 saturated carbocycles. The molecule has 1 atom stereocenters. The van der Waals surface area contributed by atoms with Crippen LogP contribution in [-0.2, 0) is 11.3 Å². The highest BCUT2D eigenvalue weighted by Crippen LogP contribution is 2.21. The van der Waals surface area contributed by atoms with Gasteiger partial charge in [0.2, 0.25) is 0 Å². The zero-order valence-corrected chi connectivity index (χ0v) is 12.1. The van der Waals surface area contributed by atoms with Crippen molar-refractivity contribution in [2.75, 3.05) is 0 Å². The van der Waals surface area contributed by atoms with E-state index in [9.17, 15) is 9.90 Å². The van der Waals surface area contributed by atoms with Gasteiger partial charge in [-0.05, 0) is 25.2 Å². The SMILES string of the molecule is Cc1ncc(CN[C@@H](CCC(C)(C)C)C(=O)O)cn1. The van der Waals surface area contributed by atoms with Crippen molar-refractivity contribution in [2.45, 2.75) is 53.1 Å². The maximum absolute atomic E-state index is 11.2. The van der Waals surface area contributed by atoms with Gasteiger partial charge in [0, 0.05) is 24.5 Å². The van der Waals surface area contributed by atoms with E-state index in [-0.39, 0.29) is 5.41 Å². The molecule has 5 nitrogen and oxygen atoms in total. The average Bonchev–Trinajstić information content (AvgIpc) is 2.29. The molecule has 1 rings (SSSR count). The highest BCUT2D eigenvalue weighted by Gasteiger charge is 2.20. The highest BCUT2D eigenvalue weighted by atomic mass is 16.4. The molecule has 0 bridgehead atoms. The molecule has 2 N–H and O–H groups in total. The molecule has 0 unspecified atom stereocenters. The summed E-state index contributed by atoms with van der Waals surface area (Å²) in [5.74, 6) is -0.0939. The number of nitrogens with one attached hydrogen (secondary N) is 1. The third-order valence-corrected chi connectivity index (χ3v) is 2.87. The van der Waals surface area contributed by atoms with E-state index >= 15 is 0 Å². The summed E-state index contributed by atoms with van der Waals surface area (Å²) >= 11 is 0. The van der Waals surface area contributed by atoms with Crippen LogP contribution in [-0.4, -0.2) is 27.1 Å². The van der Waals surface area contributed by atoms with Crippen molar-refractivity contribution in [2.24, 2.45) is 5.41 Å². The van der Waals surface area contributed by atoms with Crippen LogP contribution in [0.3, 0.4) is 0 Å². The second kappa shape index (κ2) is 6.61. The number of hydrogen-bond acceptors (Lipinski definition) is 4. The molecule has 0 fully saturated rings. The molecule has 0 aliphatic rings. The van der Waals surface area contributed by atoms with Crippen LogP contribution in [0.15, 0.2) is 12.4 Å². The van der Waals surface area contributed by atoms with Crippen molar-refractivity contribution < 1.29 is 9.90 Å². The lowest BCUT2D eigenvalue weighted by Crippen LogP contribution is -2.37. The van der Waals surface area contributed by atoms with Crippen LogP contribution >= 0.6 is 0 Å². The van der Waals surface area contributed by atoms with Gasteiger partial charge in [-0.25, -0.2) is 9.97 Å². The number of hydrogen-bond donors (Lipinski definition) is 2. The Morgan fingerprint density at radius 1 is 1.37 bits per heavy atom. The fourth-order valence-electron chi connectivity index (χ4n) is 1.64. The lowest BCUT2D eigenvalue weighted by atomic mass is 9.88. The van der Waals surface area contributed by atoms with Crippen molar-refractivity contribution in [3.8, 4) is 0 Å². The fraction of sp³-hybridized carbons (Fsp3) is 0.643. The van der Waals surface area contributed by atoms with Gasteiger partial charge in [0.25, 0.3) is 0 Å². The molecular formula is C14H23N3O2. The molecule has 0 radical (unpaired) electrons. The molecule has 19 heavy (non-hydrogen) atoms. The summed E-state index contributed by atoms with van der Waals surface area (Å²) in [6.07, 6.45) is 4.92. The van der Waals surface area contributed by atoms with Crippen molar-refractivity contribution in [1.29, 1.82) is 0 Å². The number of carboxylic acid groups (broad SMARTS) is 1. The van der Waals surface area contributed by atoms with Crippen LogP contribution in [0.25, 0.3) is 0 Å². The summed E-state index contributed by atoms with van der Waals surface area (Å²) in [4.78, 5) is 19.4. The van der Waals surface area contributed by atoms with Gasteiger partial charge < -0.3 is 10.4 Å². The minimum Gasteiger partial charge on any atom is -0.480 e. The Kier molecular flexibility index (Phi) is 5.42. The summed E-state index contributed by atoms with van der Waals surface area (Å²) in [6.45, 7) is 8.63. The molecule has 0 amide bonds. The Morgan fingerprint density at radius 2 is 1.95 bits per heavy atom. The molecule has 5 heteroatoms. The number of rotatable bonds is 6. The normalized spacial score (nSPS) is 13.3. The topological polar surface area (TPSA) is 75.1 Å². The largest absolute Gasteiger partial charge is 0.480 e. The highest BCUT2D eigenvalue weighted by molar-refractivity contribution is 5.73. The molecule has 1 aromatic rings. The van der Waals surface area contributed by atoms with Crippen molar-refractivity contribution >= 4 is 5.97 Å². The number of nitrogens with zero attached hydrogens (tertiary/aromatic N) is 2. The molecular weight excluding hydrogens is 242 g/mol. The van der Waals surface area contributed by atoms with Crippen LogP contribution in [0.2, 0.25) is 0 Å². The quantitative estimate of drug-likeness (QED) is 0.824. The summed E-state index contributed by atoms with van der Waals surface area (Å²) in [5, 5.41) is 12.2. The zero-order valence-electron chi connectivity index (χ0n) is 12.1. The van der Waals surface area contributed by atoms with E-state index in [1.54, 1.807) is 12.4 Å². The van der Waals surface area contributed by atoms with Crippen molar-refractivity contribution in [3.05, 3.63) is 23.8 Å². The Labute approximate surface area is 114 Å². The summed E-state index contributed by atoms with van der Waals surface area (Å²) in [7, 11) is 0. The second-order valence-corrected chi connectivity index (χ2v) is 6.01. The summed E-state index contributed by atoms with van der Waals surface area (Å²) in [6, 6.07) is -0.527. The number of aryl methyl sites for hydroxylation is 1. The molecule has 1 aromatic heterocycles. The number of aliphatic carboxylic acids is 1. The first-order chi connectivity index (χ1) is 8.78. The average molecular weight is 265 g/mol.